The lowest BCUT2D eigenvalue weighted by atomic mass is 9.83. The van der Waals surface area contributed by atoms with Gasteiger partial charge in [0.25, 0.3) is 0 Å². The summed E-state index contributed by atoms with van der Waals surface area (Å²) in [6, 6.07) is 6.59. The van der Waals surface area contributed by atoms with Crippen LogP contribution in [0.25, 0.3) is 0 Å². The van der Waals surface area contributed by atoms with Crippen LogP contribution in [0.3, 0.4) is 0 Å². The molecule has 2 heteroatoms. The van der Waals surface area contributed by atoms with Crippen LogP contribution in [0, 0.1) is 0 Å². The molecule has 0 heterocycles. The van der Waals surface area contributed by atoms with Crippen molar-refractivity contribution in [2.75, 3.05) is 12.5 Å². The predicted molar refractivity (Wildman–Crippen MR) is 84.7 cm³/mol. The van der Waals surface area contributed by atoms with Gasteiger partial charge in [-0.25, -0.2) is 0 Å². The number of rotatable bonds is 6. The van der Waals surface area contributed by atoms with Crippen molar-refractivity contribution < 1.29 is 4.74 Å². The van der Waals surface area contributed by atoms with Crippen molar-refractivity contribution in [1.82, 2.24) is 0 Å². The van der Waals surface area contributed by atoms with Crippen LogP contribution in [0.15, 0.2) is 18.2 Å². The molecule has 1 atom stereocenters. The van der Waals surface area contributed by atoms with Gasteiger partial charge in [-0.2, -0.15) is 0 Å². The largest absolute Gasteiger partial charge is 0.493 e. The topological polar surface area (TPSA) is 9.23 Å². The maximum atomic E-state index is 5.88. The maximum absolute atomic E-state index is 5.88. The lowest BCUT2D eigenvalue weighted by Crippen LogP contribution is -2.14. The number of hydrogen-bond acceptors (Lipinski definition) is 1. The molecule has 0 aromatic heterocycles. The molecule has 0 saturated carbocycles. The quantitative estimate of drug-likeness (QED) is 0.626. The Bertz CT molecular complexity index is 393. The average molecular weight is 283 g/mol. The zero-order valence-corrected chi connectivity index (χ0v) is 13.7. The molecule has 0 radical (unpaired) electrons. The van der Waals surface area contributed by atoms with E-state index in [4.69, 9.17) is 16.3 Å². The van der Waals surface area contributed by atoms with Crippen LogP contribution >= 0.6 is 11.6 Å². The second-order valence-electron chi connectivity index (χ2n) is 6.23. The first kappa shape index (κ1) is 16.4. The third kappa shape index (κ3) is 4.72. The molecule has 0 amide bonds. The van der Waals surface area contributed by atoms with Crippen molar-refractivity contribution in [3.63, 3.8) is 0 Å². The van der Waals surface area contributed by atoms with E-state index in [2.05, 4.69) is 52.8 Å². The van der Waals surface area contributed by atoms with Gasteiger partial charge in [-0.05, 0) is 41.4 Å². The van der Waals surface area contributed by atoms with Crippen molar-refractivity contribution in [1.29, 1.82) is 0 Å². The van der Waals surface area contributed by atoms with E-state index in [1.54, 1.807) is 0 Å². The van der Waals surface area contributed by atoms with E-state index in [1.807, 2.05) is 0 Å². The van der Waals surface area contributed by atoms with Gasteiger partial charge >= 0.3 is 0 Å². The monoisotopic (exact) mass is 282 g/mol. The Morgan fingerprint density at radius 1 is 1.26 bits per heavy atom. The first-order chi connectivity index (χ1) is 8.90. The minimum atomic E-state index is 0.0970. The van der Waals surface area contributed by atoms with E-state index >= 15 is 0 Å². The molecule has 1 aromatic carbocycles. The molecule has 19 heavy (non-hydrogen) atoms. The number of halogens is 1. The van der Waals surface area contributed by atoms with Crippen molar-refractivity contribution in [2.45, 2.75) is 58.8 Å². The van der Waals surface area contributed by atoms with E-state index in [0.717, 1.165) is 25.2 Å². The molecule has 0 aliphatic heterocycles. The molecule has 0 bridgehead atoms. The van der Waals surface area contributed by atoms with Crippen LogP contribution in [-0.4, -0.2) is 12.5 Å². The normalized spacial score (nSPS) is 13.4. The molecule has 0 spiro atoms. The summed E-state index contributed by atoms with van der Waals surface area (Å²) < 4.78 is 5.88. The Balaban J connectivity index is 3.08. The molecule has 1 nitrogen and oxygen atoms in total. The van der Waals surface area contributed by atoms with Crippen LogP contribution in [0.5, 0.6) is 5.75 Å². The fourth-order valence-electron chi connectivity index (χ4n) is 2.11. The molecule has 1 rings (SSSR count). The van der Waals surface area contributed by atoms with E-state index in [-0.39, 0.29) is 5.41 Å². The zero-order chi connectivity index (χ0) is 14.5. The van der Waals surface area contributed by atoms with Gasteiger partial charge in [-0.3, -0.25) is 0 Å². The predicted octanol–water partition coefficient (Wildman–Crippen LogP) is 5.51. The fraction of sp³-hybridized carbons (Fsp3) is 0.647. The Labute approximate surface area is 123 Å². The molecular formula is C17H27ClO. The van der Waals surface area contributed by atoms with Crippen molar-refractivity contribution in [2.24, 2.45) is 0 Å². The summed E-state index contributed by atoms with van der Waals surface area (Å²) >= 11 is 5.85. The number of ether oxygens (including phenoxy) is 1. The maximum Gasteiger partial charge on any atom is 0.123 e. The van der Waals surface area contributed by atoms with Crippen LogP contribution in [-0.2, 0) is 5.41 Å². The minimum absolute atomic E-state index is 0.0970. The highest BCUT2D eigenvalue weighted by molar-refractivity contribution is 6.17. The summed E-state index contributed by atoms with van der Waals surface area (Å²) in [5, 5.41) is 0. The van der Waals surface area contributed by atoms with Crippen molar-refractivity contribution in [3.8, 4) is 5.75 Å². The molecule has 1 aromatic rings. The van der Waals surface area contributed by atoms with Gasteiger partial charge in [0.1, 0.15) is 5.75 Å². The molecule has 0 fully saturated rings. The second-order valence-corrected chi connectivity index (χ2v) is 6.61. The molecule has 0 N–H and O–H groups in total. The molecule has 0 aliphatic carbocycles. The Morgan fingerprint density at radius 2 is 1.95 bits per heavy atom. The summed E-state index contributed by atoms with van der Waals surface area (Å²) in [4.78, 5) is 0. The van der Waals surface area contributed by atoms with Crippen molar-refractivity contribution in [3.05, 3.63) is 29.3 Å². The van der Waals surface area contributed by atoms with Crippen LogP contribution < -0.4 is 4.74 Å². The molecule has 108 valence electrons. The highest BCUT2D eigenvalue weighted by Gasteiger charge is 2.20. The number of hydrogen-bond donors (Lipinski definition) is 0. The lowest BCUT2D eigenvalue weighted by Gasteiger charge is -2.25. The van der Waals surface area contributed by atoms with Gasteiger partial charge in [0.2, 0.25) is 0 Å². The SMILES string of the molecule is CCCOc1ccc(C(C)CCCl)cc1C(C)(C)C. The van der Waals surface area contributed by atoms with Crippen LogP contribution in [0.2, 0.25) is 0 Å². The Kier molecular flexibility index (Phi) is 6.19. The van der Waals surface area contributed by atoms with E-state index in [1.165, 1.54) is 11.1 Å². The summed E-state index contributed by atoms with van der Waals surface area (Å²) in [7, 11) is 0. The molecular weight excluding hydrogens is 256 g/mol. The van der Waals surface area contributed by atoms with Crippen molar-refractivity contribution >= 4 is 11.6 Å². The second kappa shape index (κ2) is 7.19. The first-order valence-electron chi connectivity index (χ1n) is 7.23. The molecule has 0 aliphatic rings. The zero-order valence-electron chi connectivity index (χ0n) is 12.9. The summed E-state index contributed by atoms with van der Waals surface area (Å²) in [6.45, 7) is 11.8. The molecule has 0 saturated heterocycles. The van der Waals surface area contributed by atoms with Gasteiger partial charge in [0, 0.05) is 5.88 Å². The van der Waals surface area contributed by atoms with Gasteiger partial charge in [0.05, 0.1) is 6.61 Å². The third-order valence-electron chi connectivity index (χ3n) is 3.38. The minimum Gasteiger partial charge on any atom is -0.493 e. The van der Waals surface area contributed by atoms with E-state index in [0.29, 0.717) is 11.8 Å². The number of alkyl halides is 1. The van der Waals surface area contributed by atoms with E-state index in [9.17, 15) is 0 Å². The highest BCUT2D eigenvalue weighted by atomic mass is 35.5. The third-order valence-corrected chi connectivity index (χ3v) is 3.60. The summed E-state index contributed by atoms with van der Waals surface area (Å²) in [6.07, 6.45) is 2.05. The van der Waals surface area contributed by atoms with Gasteiger partial charge < -0.3 is 4.74 Å². The van der Waals surface area contributed by atoms with Crippen LogP contribution in [0.4, 0.5) is 0 Å². The van der Waals surface area contributed by atoms with E-state index < -0.39 is 0 Å². The Morgan fingerprint density at radius 3 is 2.47 bits per heavy atom. The smallest absolute Gasteiger partial charge is 0.123 e. The summed E-state index contributed by atoms with van der Waals surface area (Å²) in [5.74, 6) is 2.23. The molecule has 1 unspecified atom stereocenters. The van der Waals surface area contributed by atoms with Gasteiger partial charge in [-0.1, -0.05) is 46.8 Å². The fourth-order valence-corrected chi connectivity index (χ4v) is 2.44. The Hall–Kier alpha value is -0.690. The first-order valence-corrected chi connectivity index (χ1v) is 7.76. The average Bonchev–Trinajstić information content (AvgIpc) is 2.35. The van der Waals surface area contributed by atoms with Gasteiger partial charge in [0.15, 0.2) is 0 Å². The standard InChI is InChI=1S/C17H27ClO/c1-6-11-19-16-8-7-14(13(2)9-10-18)12-15(16)17(3,4)5/h7-8,12-13H,6,9-11H2,1-5H3. The number of benzene rings is 1. The van der Waals surface area contributed by atoms with Crippen LogP contribution in [0.1, 0.15) is 64.5 Å². The highest BCUT2D eigenvalue weighted by Crippen LogP contribution is 2.34. The summed E-state index contributed by atoms with van der Waals surface area (Å²) in [5.41, 5.74) is 2.74. The van der Waals surface area contributed by atoms with Gasteiger partial charge in [-0.15, -0.1) is 11.6 Å². The lowest BCUT2D eigenvalue weighted by molar-refractivity contribution is 0.308.